The minimum Gasteiger partial charge on any atom is -0.493 e. The van der Waals surface area contributed by atoms with Gasteiger partial charge in [-0.2, -0.15) is 0 Å². The molecule has 1 saturated carbocycles. The predicted octanol–water partition coefficient (Wildman–Crippen LogP) is 2.16. The SMILES string of the molecule is CCOC1C(NC)CC1Oc1c(OC)cc(C)cc1OC. The van der Waals surface area contributed by atoms with Crippen molar-refractivity contribution >= 4 is 0 Å². The number of hydrogen-bond donors (Lipinski definition) is 1. The monoisotopic (exact) mass is 295 g/mol. The Labute approximate surface area is 126 Å². The van der Waals surface area contributed by atoms with Gasteiger partial charge in [-0.3, -0.25) is 0 Å². The first-order valence-electron chi connectivity index (χ1n) is 7.32. The Morgan fingerprint density at radius 2 is 1.81 bits per heavy atom. The van der Waals surface area contributed by atoms with Gasteiger partial charge in [0.15, 0.2) is 11.5 Å². The number of methoxy groups -OCH3 is 2. The average Bonchev–Trinajstić information content (AvgIpc) is 2.48. The molecule has 2 rings (SSSR count). The van der Waals surface area contributed by atoms with Crippen molar-refractivity contribution in [3.05, 3.63) is 17.7 Å². The summed E-state index contributed by atoms with van der Waals surface area (Å²) in [6.45, 7) is 4.66. The van der Waals surface area contributed by atoms with Crippen molar-refractivity contribution in [2.24, 2.45) is 0 Å². The van der Waals surface area contributed by atoms with E-state index in [1.54, 1.807) is 14.2 Å². The van der Waals surface area contributed by atoms with Crippen LogP contribution in [0, 0.1) is 6.92 Å². The number of aryl methyl sites for hydroxylation is 1. The Balaban J connectivity index is 2.19. The molecule has 0 heterocycles. The lowest BCUT2D eigenvalue weighted by atomic mass is 9.85. The third kappa shape index (κ3) is 3.24. The van der Waals surface area contributed by atoms with Gasteiger partial charge in [-0.25, -0.2) is 0 Å². The van der Waals surface area contributed by atoms with E-state index in [2.05, 4.69) is 5.32 Å². The standard InChI is InChI=1S/C16H25NO4/c1-6-20-15-11(17-3)9-14(15)21-16-12(18-4)7-10(2)8-13(16)19-5/h7-8,11,14-15,17H,6,9H2,1-5H3. The molecule has 3 atom stereocenters. The van der Waals surface area contributed by atoms with Crippen molar-refractivity contribution in [2.75, 3.05) is 27.9 Å². The molecule has 1 aliphatic rings. The van der Waals surface area contributed by atoms with Crippen LogP contribution in [-0.4, -0.2) is 46.1 Å². The van der Waals surface area contributed by atoms with E-state index in [4.69, 9.17) is 18.9 Å². The third-order valence-corrected chi connectivity index (χ3v) is 3.85. The molecule has 1 aliphatic carbocycles. The molecule has 0 aromatic heterocycles. The topological polar surface area (TPSA) is 49.0 Å². The maximum absolute atomic E-state index is 6.13. The maximum Gasteiger partial charge on any atom is 0.203 e. The number of likely N-dealkylation sites (N-methyl/N-ethyl adjacent to an activating group) is 1. The fourth-order valence-electron chi connectivity index (χ4n) is 2.67. The van der Waals surface area contributed by atoms with Gasteiger partial charge < -0.3 is 24.3 Å². The summed E-state index contributed by atoms with van der Waals surface area (Å²) >= 11 is 0. The van der Waals surface area contributed by atoms with Gasteiger partial charge in [0, 0.05) is 19.1 Å². The molecular weight excluding hydrogens is 270 g/mol. The first-order chi connectivity index (χ1) is 10.1. The van der Waals surface area contributed by atoms with Gasteiger partial charge in [-0.05, 0) is 38.6 Å². The zero-order valence-electron chi connectivity index (χ0n) is 13.4. The van der Waals surface area contributed by atoms with Crippen LogP contribution in [0.5, 0.6) is 17.2 Å². The van der Waals surface area contributed by atoms with Crippen LogP contribution in [-0.2, 0) is 4.74 Å². The molecule has 118 valence electrons. The van der Waals surface area contributed by atoms with E-state index in [0.29, 0.717) is 29.9 Å². The van der Waals surface area contributed by atoms with Crippen molar-refractivity contribution < 1.29 is 18.9 Å². The Hall–Kier alpha value is -1.46. The summed E-state index contributed by atoms with van der Waals surface area (Å²) in [6, 6.07) is 4.22. The van der Waals surface area contributed by atoms with Crippen LogP contribution in [0.4, 0.5) is 0 Å². The lowest BCUT2D eigenvalue weighted by Crippen LogP contribution is -2.60. The number of nitrogens with one attached hydrogen (secondary N) is 1. The molecule has 0 spiro atoms. The van der Waals surface area contributed by atoms with Crippen molar-refractivity contribution in [2.45, 2.75) is 38.5 Å². The van der Waals surface area contributed by atoms with E-state index in [-0.39, 0.29) is 12.2 Å². The second-order valence-electron chi connectivity index (χ2n) is 5.21. The molecule has 5 heteroatoms. The molecule has 0 saturated heterocycles. The van der Waals surface area contributed by atoms with E-state index in [0.717, 1.165) is 12.0 Å². The van der Waals surface area contributed by atoms with Crippen LogP contribution >= 0.6 is 0 Å². The molecule has 1 aromatic carbocycles. The largest absolute Gasteiger partial charge is 0.493 e. The zero-order valence-corrected chi connectivity index (χ0v) is 13.4. The normalized spacial score (nSPS) is 24.3. The number of benzene rings is 1. The molecule has 1 fully saturated rings. The second kappa shape index (κ2) is 7.00. The first kappa shape index (κ1) is 15.9. The average molecular weight is 295 g/mol. The molecule has 0 bridgehead atoms. The van der Waals surface area contributed by atoms with E-state index < -0.39 is 0 Å². The highest BCUT2D eigenvalue weighted by atomic mass is 16.6. The number of rotatable bonds is 7. The van der Waals surface area contributed by atoms with Crippen molar-refractivity contribution in [3.63, 3.8) is 0 Å². The molecule has 0 amide bonds. The van der Waals surface area contributed by atoms with Crippen LogP contribution in [0.2, 0.25) is 0 Å². The van der Waals surface area contributed by atoms with Gasteiger partial charge >= 0.3 is 0 Å². The van der Waals surface area contributed by atoms with Crippen LogP contribution in [0.25, 0.3) is 0 Å². The Kier molecular flexibility index (Phi) is 5.31. The fraction of sp³-hybridized carbons (Fsp3) is 0.625. The summed E-state index contributed by atoms with van der Waals surface area (Å²) in [5, 5.41) is 3.25. The van der Waals surface area contributed by atoms with E-state index in [9.17, 15) is 0 Å². The van der Waals surface area contributed by atoms with Crippen molar-refractivity contribution in [3.8, 4) is 17.2 Å². The summed E-state index contributed by atoms with van der Waals surface area (Å²) in [5.41, 5.74) is 1.07. The van der Waals surface area contributed by atoms with Crippen LogP contribution in [0.1, 0.15) is 18.9 Å². The maximum atomic E-state index is 6.13. The van der Waals surface area contributed by atoms with Gasteiger partial charge in [0.1, 0.15) is 12.2 Å². The predicted molar refractivity (Wildman–Crippen MR) is 81.6 cm³/mol. The van der Waals surface area contributed by atoms with Crippen molar-refractivity contribution in [1.29, 1.82) is 0 Å². The Morgan fingerprint density at radius 1 is 1.19 bits per heavy atom. The first-order valence-corrected chi connectivity index (χ1v) is 7.32. The van der Waals surface area contributed by atoms with Gasteiger partial charge in [0.05, 0.1) is 14.2 Å². The summed E-state index contributed by atoms with van der Waals surface area (Å²) in [7, 11) is 5.22. The Morgan fingerprint density at radius 3 is 2.29 bits per heavy atom. The van der Waals surface area contributed by atoms with Gasteiger partial charge in [-0.1, -0.05) is 0 Å². The zero-order chi connectivity index (χ0) is 15.4. The fourth-order valence-corrected chi connectivity index (χ4v) is 2.67. The van der Waals surface area contributed by atoms with Crippen LogP contribution < -0.4 is 19.5 Å². The van der Waals surface area contributed by atoms with Crippen molar-refractivity contribution in [1.82, 2.24) is 5.32 Å². The molecule has 0 aliphatic heterocycles. The number of ether oxygens (including phenoxy) is 4. The number of hydrogen-bond acceptors (Lipinski definition) is 5. The molecular formula is C16H25NO4. The lowest BCUT2D eigenvalue weighted by molar-refractivity contribution is -0.104. The summed E-state index contributed by atoms with van der Waals surface area (Å²) in [4.78, 5) is 0. The van der Waals surface area contributed by atoms with Gasteiger partial charge in [-0.15, -0.1) is 0 Å². The van der Waals surface area contributed by atoms with E-state index in [1.807, 2.05) is 33.0 Å². The van der Waals surface area contributed by atoms with Gasteiger partial charge in [0.25, 0.3) is 0 Å². The van der Waals surface area contributed by atoms with E-state index in [1.165, 1.54) is 0 Å². The highest BCUT2D eigenvalue weighted by Crippen LogP contribution is 2.41. The lowest BCUT2D eigenvalue weighted by Gasteiger charge is -2.43. The molecule has 1 N–H and O–H groups in total. The smallest absolute Gasteiger partial charge is 0.203 e. The molecule has 1 aromatic rings. The van der Waals surface area contributed by atoms with Crippen LogP contribution in [0.3, 0.4) is 0 Å². The summed E-state index contributed by atoms with van der Waals surface area (Å²) in [5.74, 6) is 2.03. The minimum absolute atomic E-state index is 0.00732. The quantitative estimate of drug-likeness (QED) is 0.835. The second-order valence-corrected chi connectivity index (χ2v) is 5.21. The molecule has 0 radical (unpaired) electrons. The summed E-state index contributed by atoms with van der Waals surface area (Å²) < 4.78 is 22.7. The highest BCUT2D eigenvalue weighted by Gasteiger charge is 2.43. The van der Waals surface area contributed by atoms with Gasteiger partial charge in [0.2, 0.25) is 5.75 Å². The third-order valence-electron chi connectivity index (χ3n) is 3.85. The molecule has 21 heavy (non-hydrogen) atoms. The molecule has 5 nitrogen and oxygen atoms in total. The molecule has 3 unspecified atom stereocenters. The van der Waals surface area contributed by atoms with E-state index >= 15 is 0 Å². The Bertz CT molecular complexity index is 452. The van der Waals surface area contributed by atoms with Crippen LogP contribution in [0.15, 0.2) is 12.1 Å². The minimum atomic E-state index is 0.00732. The summed E-state index contributed by atoms with van der Waals surface area (Å²) in [6.07, 6.45) is 0.963. The highest BCUT2D eigenvalue weighted by molar-refractivity contribution is 5.53.